The Balaban J connectivity index is 1.91. The Hall–Kier alpha value is -2.52. The molecule has 3 atom stereocenters. The molecule has 2 aliphatic rings. The maximum Gasteiger partial charge on any atom is 0.262 e. The summed E-state index contributed by atoms with van der Waals surface area (Å²) in [7, 11) is 2.60. The zero-order valence-corrected chi connectivity index (χ0v) is 15.5. The first-order chi connectivity index (χ1) is 12.6. The molecule has 4 rings (SSSR count). The SMILES string of the molecule is CC(=O)N1Cc2ccccc2[C@@H]2OC(c3ccccc3)=N[C@]2(CP)C1=O. The number of carbonyl (C=O) groups excluding carboxylic acids is 2. The molecule has 2 amide bonds. The lowest BCUT2D eigenvalue weighted by molar-refractivity contribution is -0.148. The van der Waals surface area contributed by atoms with Gasteiger partial charge in [-0.3, -0.25) is 14.5 Å². The van der Waals surface area contributed by atoms with E-state index in [4.69, 9.17) is 9.73 Å². The number of benzene rings is 2. The van der Waals surface area contributed by atoms with E-state index < -0.39 is 11.6 Å². The Morgan fingerprint density at radius 3 is 2.62 bits per heavy atom. The molecular weight excluding hydrogens is 347 g/mol. The average molecular weight is 366 g/mol. The van der Waals surface area contributed by atoms with Gasteiger partial charge >= 0.3 is 0 Å². The van der Waals surface area contributed by atoms with Crippen LogP contribution in [0.15, 0.2) is 59.6 Å². The van der Waals surface area contributed by atoms with Crippen LogP contribution in [0.1, 0.15) is 29.7 Å². The van der Waals surface area contributed by atoms with E-state index in [1.165, 1.54) is 11.8 Å². The average Bonchev–Trinajstić information content (AvgIpc) is 3.03. The molecule has 0 bridgehead atoms. The number of hydrogen-bond acceptors (Lipinski definition) is 4. The molecule has 0 saturated heterocycles. The Bertz CT molecular complexity index is 912. The van der Waals surface area contributed by atoms with E-state index in [1.807, 2.05) is 54.6 Å². The number of hydrogen-bond donors (Lipinski definition) is 0. The van der Waals surface area contributed by atoms with Crippen LogP contribution in [-0.4, -0.2) is 34.3 Å². The third-order valence-corrected chi connectivity index (χ3v) is 5.58. The lowest BCUT2D eigenvalue weighted by Crippen LogP contribution is -2.50. The molecule has 0 aliphatic carbocycles. The van der Waals surface area contributed by atoms with E-state index in [0.29, 0.717) is 12.1 Å². The van der Waals surface area contributed by atoms with Crippen molar-refractivity contribution in [3.8, 4) is 0 Å². The standard InChI is InChI=1S/C20H19N2O3P/c1-13(23)22-11-15-9-5-6-10-16(15)17-20(12-26,19(22)24)21-18(25-17)14-7-3-2-4-8-14/h2-10,17H,11-12,26H2,1H3/t17-,20-/m0/s1. The highest BCUT2D eigenvalue weighted by Crippen LogP contribution is 2.45. The third kappa shape index (κ3) is 2.46. The molecule has 0 fully saturated rings. The fourth-order valence-corrected chi connectivity index (χ4v) is 4.05. The molecule has 6 heteroatoms. The van der Waals surface area contributed by atoms with Crippen LogP contribution in [0.5, 0.6) is 0 Å². The van der Waals surface area contributed by atoms with Crippen molar-refractivity contribution in [2.75, 3.05) is 6.16 Å². The van der Waals surface area contributed by atoms with Crippen LogP contribution in [0.25, 0.3) is 0 Å². The minimum absolute atomic E-state index is 0.243. The van der Waals surface area contributed by atoms with Gasteiger partial charge in [0.2, 0.25) is 11.8 Å². The number of rotatable bonds is 2. The number of amides is 2. The second kappa shape index (κ2) is 6.33. The van der Waals surface area contributed by atoms with Crippen molar-refractivity contribution in [2.45, 2.75) is 25.1 Å². The van der Waals surface area contributed by atoms with Crippen molar-refractivity contribution in [2.24, 2.45) is 4.99 Å². The van der Waals surface area contributed by atoms with Gasteiger partial charge in [0.05, 0.1) is 6.54 Å². The molecule has 0 radical (unpaired) electrons. The lowest BCUT2D eigenvalue weighted by Gasteiger charge is -2.29. The molecule has 2 aromatic carbocycles. The molecule has 132 valence electrons. The zero-order valence-electron chi connectivity index (χ0n) is 14.4. The maximum atomic E-state index is 13.4. The summed E-state index contributed by atoms with van der Waals surface area (Å²) in [5.74, 6) is -0.162. The topological polar surface area (TPSA) is 59.0 Å². The summed E-state index contributed by atoms with van der Waals surface area (Å²) in [6.07, 6.45) is -0.187. The van der Waals surface area contributed by atoms with Gasteiger partial charge in [0, 0.05) is 24.2 Å². The van der Waals surface area contributed by atoms with Crippen molar-refractivity contribution >= 4 is 27.0 Å². The first-order valence-electron chi connectivity index (χ1n) is 8.49. The Morgan fingerprint density at radius 1 is 1.23 bits per heavy atom. The van der Waals surface area contributed by atoms with Crippen molar-refractivity contribution in [1.82, 2.24) is 4.90 Å². The fraction of sp³-hybridized carbons (Fsp3) is 0.250. The van der Waals surface area contributed by atoms with E-state index in [9.17, 15) is 9.59 Å². The largest absolute Gasteiger partial charge is 0.466 e. The number of carbonyl (C=O) groups is 2. The summed E-state index contributed by atoms with van der Waals surface area (Å²) in [6.45, 7) is 1.65. The van der Waals surface area contributed by atoms with Crippen LogP contribution in [0.3, 0.4) is 0 Å². The highest BCUT2D eigenvalue weighted by atomic mass is 31.0. The Morgan fingerprint density at radius 2 is 1.92 bits per heavy atom. The van der Waals surface area contributed by atoms with Crippen molar-refractivity contribution in [3.63, 3.8) is 0 Å². The van der Waals surface area contributed by atoms with Crippen LogP contribution in [-0.2, 0) is 20.9 Å². The van der Waals surface area contributed by atoms with Gasteiger partial charge in [0.1, 0.15) is 0 Å². The first kappa shape index (κ1) is 16.9. The summed E-state index contributed by atoms with van der Waals surface area (Å²) >= 11 is 0. The zero-order chi connectivity index (χ0) is 18.3. The molecular formula is C20H19N2O3P. The Labute approximate surface area is 154 Å². The van der Waals surface area contributed by atoms with Crippen LogP contribution >= 0.6 is 9.24 Å². The normalized spacial score (nSPS) is 24.2. The molecule has 5 nitrogen and oxygen atoms in total. The molecule has 0 spiro atoms. The molecule has 2 aromatic rings. The number of ether oxygens (including phenoxy) is 1. The number of aliphatic imine (C=N–C) groups is 1. The molecule has 0 N–H and O–H groups in total. The molecule has 0 aromatic heterocycles. The van der Waals surface area contributed by atoms with Gasteiger partial charge < -0.3 is 4.74 Å². The first-order valence-corrected chi connectivity index (χ1v) is 9.31. The summed E-state index contributed by atoms with van der Waals surface area (Å²) in [4.78, 5) is 31.6. The predicted molar refractivity (Wildman–Crippen MR) is 102 cm³/mol. The second-order valence-corrected chi connectivity index (χ2v) is 6.93. The summed E-state index contributed by atoms with van der Waals surface area (Å²) in [5, 5.41) is 0. The monoisotopic (exact) mass is 366 g/mol. The van der Waals surface area contributed by atoms with Crippen LogP contribution in [0, 0.1) is 0 Å². The quantitative estimate of drug-likeness (QED) is 0.768. The van der Waals surface area contributed by atoms with Crippen molar-refractivity contribution < 1.29 is 14.3 Å². The number of fused-ring (bicyclic) bond motifs is 3. The van der Waals surface area contributed by atoms with Gasteiger partial charge in [-0.25, -0.2) is 4.99 Å². The van der Waals surface area contributed by atoms with Crippen molar-refractivity contribution in [3.05, 3.63) is 71.3 Å². The fourth-order valence-electron chi connectivity index (χ4n) is 3.57. The van der Waals surface area contributed by atoms with E-state index in [0.717, 1.165) is 16.7 Å². The Kier molecular flexibility index (Phi) is 4.12. The van der Waals surface area contributed by atoms with Gasteiger partial charge in [0.25, 0.3) is 5.91 Å². The molecule has 0 saturated carbocycles. The van der Waals surface area contributed by atoms with E-state index in [-0.39, 0.29) is 18.4 Å². The summed E-state index contributed by atoms with van der Waals surface area (Å²) in [6, 6.07) is 17.2. The van der Waals surface area contributed by atoms with Crippen LogP contribution in [0.4, 0.5) is 0 Å². The second-order valence-electron chi connectivity index (χ2n) is 6.52. The molecule has 2 aliphatic heterocycles. The smallest absolute Gasteiger partial charge is 0.262 e. The maximum absolute atomic E-state index is 13.4. The molecule has 2 heterocycles. The minimum Gasteiger partial charge on any atom is -0.466 e. The molecule has 26 heavy (non-hydrogen) atoms. The van der Waals surface area contributed by atoms with E-state index in [2.05, 4.69) is 9.24 Å². The van der Waals surface area contributed by atoms with Gasteiger partial charge in [-0.1, -0.05) is 42.5 Å². The van der Waals surface area contributed by atoms with Crippen molar-refractivity contribution in [1.29, 1.82) is 0 Å². The highest BCUT2D eigenvalue weighted by Gasteiger charge is 2.56. The van der Waals surface area contributed by atoms with Crippen LogP contribution < -0.4 is 0 Å². The number of imide groups is 1. The van der Waals surface area contributed by atoms with E-state index in [1.54, 1.807) is 0 Å². The van der Waals surface area contributed by atoms with Gasteiger partial charge in [-0.2, -0.15) is 0 Å². The van der Waals surface area contributed by atoms with Gasteiger partial charge in [-0.15, -0.1) is 9.24 Å². The third-order valence-electron chi connectivity index (χ3n) is 4.96. The molecule has 1 unspecified atom stereocenters. The minimum atomic E-state index is -1.16. The number of nitrogens with zero attached hydrogens (tertiary/aromatic N) is 2. The summed E-state index contributed by atoms with van der Waals surface area (Å²) in [5.41, 5.74) is 1.47. The van der Waals surface area contributed by atoms with Gasteiger partial charge in [-0.05, 0) is 17.7 Å². The van der Waals surface area contributed by atoms with Crippen LogP contribution in [0.2, 0.25) is 0 Å². The van der Waals surface area contributed by atoms with E-state index >= 15 is 0 Å². The summed E-state index contributed by atoms with van der Waals surface area (Å²) < 4.78 is 6.23. The lowest BCUT2D eigenvalue weighted by atomic mass is 9.88. The predicted octanol–water partition coefficient (Wildman–Crippen LogP) is 2.71. The highest BCUT2D eigenvalue weighted by molar-refractivity contribution is 7.16. The van der Waals surface area contributed by atoms with Gasteiger partial charge in [0.15, 0.2) is 11.6 Å².